The number of benzene rings is 1. The van der Waals surface area contributed by atoms with Gasteiger partial charge >= 0.3 is 0 Å². The van der Waals surface area contributed by atoms with Crippen molar-refractivity contribution in [3.63, 3.8) is 0 Å². The highest BCUT2D eigenvalue weighted by Gasteiger charge is 2.41. The molecule has 1 aromatic heterocycles. The molecule has 5 heteroatoms. The maximum atomic E-state index is 12.4. The maximum absolute atomic E-state index is 12.4. The highest BCUT2D eigenvalue weighted by Crippen LogP contribution is 2.39. The number of nitrogens with one attached hydrogen (secondary N) is 2. The molecule has 0 aliphatic heterocycles. The largest absolute Gasteiger partial charge is 0.344 e. The molecule has 1 fully saturated rings. The summed E-state index contributed by atoms with van der Waals surface area (Å²) in [6.07, 6.45) is 2.26. The Bertz CT molecular complexity index is 633. The lowest BCUT2D eigenvalue weighted by Gasteiger charge is -2.29. The molecule has 2 aromatic rings. The molecule has 1 atom stereocenters. The van der Waals surface area contributed by atoms with Crippen LogP contribution in [0.15, 0.2) is 36.4 Å². The fourth-order valence-corrected chi connectivity index (χ4v) is 2.56. The van der Waals surface area contributed by atoms with Crippen LogP contribution in [0.1, 0.15) is 30.3 Å². The van der Waals surface area contributed by atoms with Gasteiger partial charge in [0, 0.05) is 12.1 Å². The minimum absolute atomic E-state index is 0.149. The third-order valence-electron chi connectivity index (χ3n) is 4.19. The van der Waals surface area contributed by atoms with Crippen molar-refractivity contribution in [3.8, 4) is 11.3 Å². The Morgan fingerprint density at radius 3 is 2.76 bits per heavy atom. The molecule has 1 unspecified atom stereocenters. The standard InChI is InChI=1S/C16H20N4O/c1-16(10-17,12-7-8-12)18-15(21)14-9-13(19-20-14)11-5-3-2-4-6-11/h2-6,9,12H,7-8,10,17H2,1H3,(H,18,21)(H,19,20). The van der Waals surface area contributed by atoms with Crippen molar-refractivity contribution in [1.82, 2.24) is 15.5 Å². The van der Waals surface area contributed by atoms with Crippen molar-refractivity contribution in [2.75, 3.05) is 6.54 Å². The monoisotopic (exact) mass is 284 g/mol. The van der Waals surface area contributed by atoms with Gasteiger partial charge in [-0.1, -0.05) is 30.3 Å². The SMILES string of the molecule is CC(CN)(NC(=O)c1cc(-c2ccccc2)n[nH]1)C1CC1. The number of rotatable bonds is 5. The lowest BCUT2D eigenvalue weighted by Crippen LogP contribution is -2.53. The van der Waals surface area contributed by atoms with E-state index in [1.165, 1.54) is 0 Å². The second-order valence-corrected chi connectivity index (χ2v) is 5.88. The zero-order chi connectivity index (χ0) is 14.9. The van der Waals surface area contributed by atoms with Gasteiger partial charge in [-0.05, 0) is 31.7 Å². The molecule has 0 spiro atoms. The van der Waals surface area contributed by atoms with E-state index in [2.05, 4.69) is 15.5 Å². The van der Waals surface area contributed by atoms with Crippen molar-refractivity contribution >= 4 is 5.91 Å². The number of nitrogens with two attached hydrogens (primary N) is 1. The summed E-state index contributed by atoms with van der Waals surface area (Å²) in [5.41, 5.74) is 7.72. The summed E-state index contributed by atoms with van der Waals surface area (Å²) in [4.78, 5) is 12.4. The molecular formula is C16H20N4O. The Balaban J connectivity index is 1.75. The summed E-state index contributed by atoms with van der Waals surface area (Å²) in [6, 6.07) is 11.5. The van der Waals surface area contributed by atoms with E-state index in [1.807, 2.05) is 37.3 Å². The second-order valence-electron chi connectivity index (χ2n) is 5.88. The van der Waals surface area contributed by atoms with Crippen LogP contribution < -0.4 is 11.1 Å². The third-order valence-corrected chi connectivity index (χ3v) is 4.19. The van der Waals surface area contributed by atoms with E-state index >= 15 is 0 Å². The van der Waals surface area contributed by atoms with Gasteiger partial charge in [0.05, 0.1) is 11.2 Å². The van der Waals surface area contributed by atoms with E-state index in [0.29, 0.717) is 18.2 Å². The molecule has 110 valence electrons. The second kappa shape index (κ2) is 5.33. The molecular weight excluding hydrogens is 264 g/mol. The molecule has 3 rings (SSSR count). The molecule has 4 N–H and O–H groups in total. The average molecular weight is 284 g/mol. The van der Waals surface area contributed by atoms with Crippen molar-refractivity contribution in [2.45, 2.75) is 25.3 Å². The Kier molecular flexibility index (Phi) is 3.51. The number of carbonyl (C=O) groups is 1. The van der Waals surface area contributed by atoms with Gasteiger partial charge in [-0.25, -0.2) is 0 Å². The highest BCUT2D eigenvalue weighted by molar-refractivity contribution is 5.93. The fourth-order valence-electron chi connectivity index (χ4n) is 2.56. The van der Waals surface area contributed by atoms with Gasteiger partial charge in [0.25, 0.3) is 5.91 Å². The third kappa shape index (κ3) is 2.83. The Morgan fingerprint density at radius 1 is 1.43 bits per heavy atom. The van der Waals surface area contributed by atoms with Crippen molar-refractivity contribution in [2.24, 2.45) is 11.7 Å². The van der Waals surface area contributed by atoms with E-state index in [1.54, 1.807) is 6.07 Å². The first-order valence-corrected chi connectivity index (χ1v) is 7.26. The van der Waals surface area contributed by atoms with E-state index in [-0.39, 0.29) is 11.4 Å². The fraction of sp³-hybridized carbons (Fsp3) is 0.375. The minimum atomic E-state index is -0.324. The highest BCUT2D eigenvalue weighted by atomic mass is 16.2. The summed E-state index contributed by atoms with van der Waals surface area (Å²) < 4.78 is 0. The van der Waals surface area contributed by atoms with Crippen LogP contribution in [0.3, 0.4) is 0 Å². The molecule has 5 nitrogen and oxygen atoms in total. The van der Waals surface area contributed by atoms with Crippen LogP contribution in [0.4, 0.5) is 0 Å². The normalized spacial score (nSPS) is 17.2. The molecule has 1 saturated carbocycles. The number of aromatic nitrogens is 2. The van der Waals surface area contributed by atoms with Gasteiger partial charge in [-0.2, -0.15) is 5.10 Å². The van der Waals surface area contributed by atoms with Crippen LogP contribution in [0.25, 0.3) is 11.3 Å². The Hall–Kier alpha value is -2.14. The number of nitrogens with zero attached hydrogens (tertiary/aromatic N) is 1. The van der Waals surface area contributed by atoms with Crippen LogP contribution in [0.2, 0.25) is 0 Å². The number of aromatic amines is 1. The number of amides is 1. The number of H-pyrrole nitrogens is 1. The van der Waals surface area contributed by atoms with E-state index in [4.69, 9.17) is 5.73 Å². The summed E-state index contributed by atoms with van der Waals surface area (Å²) in [7, 11) is 0. The summed E-state index contributed by atoms with van der Waals surface area (Å²) in [5.74, 6) is 0.340. The predicted octanol–water partition coefficient (Wildman–Crippen LogP) is 1.93. The van der Waals surface area contributed by atoms with Crippen molar-refractivity contribution in [3.05, 3.63) is 42.1 Å². The first-order valence-electron chi connectivity index (χ1n) is 7.26. The van der Waals surface area contributed by atoms with Gasteiger partial charge < -0.3 is 11.1 Å². The van der Waals surface area contributed by atoms with Gasteiger partial charge in [-0.3, -0.25) is 9.89 Å². The van der Waals surface area contributed by atoms with E-state index in [0.717, 1.165) is 24.1 Å². The van der Waals surface area contributed by atoms with Crippen LogP contribution in [-0.4, -0.2) is 28.2 Å². The molecule has 0 saturated heterocycles. The van der Waals surface area contributed by atoms with Crippen molar-refractivity contribution < 1.29 is 4.79 Å². The molecule has 0 bridgehead atoms. The smallest absolute Gasteiger partial charge is 0.269 e. The van der Waals surface area contributed by atoms with Gasteiger partial charge in [0.1, 0.15) is 5.69 Å². The topological polar surface area (TPSA) is 83.8 Å². The van der Waals surface area contributed by atoms with Crippen LogP contribution >= 0.6 is 0 Å². The zero-order valence-electron chi connectivity index (χ0n) is 12.1. The van der Waals surface area contributed by atoms with Gasteiger partial charge in [-0.15, -0.1) is 0 Å². The van der Waals surface area contributed by atoms with Gasteiger partial charge in [0.15, 0.2) is 0 Å². The maximum Gasteiger partial charge on any atom is 0.269 e. The average Bonchev–Trinajstić information content (AvgIpc) is 3.26. The molecule has 1 heterocycles. The lowest BCUT2D eigenvalue weighted by molar-refractivity contribution is 0.0892. The molecule has 1 aliphatic rings. The first kappa shape index (κ1) is 13.8. The lowest BCUT2D eigenvalue weighted by atomic mass is 9.96. The van der Waals surface area contributed by atoms with E-state index in [9.17, 15) is 4.79 Å². The summed E-state index contributed by atoms with van der Waals surface area (Å²) in [6.45, 7) is 2.46. The minimum Gasteiger partial charge on any atom is -0.344 e. The number of carbonyl (C=O) groups excluding carboxylic acids is 1. The first-order chi connectivity index (χ1) is 10.1. The zero-order valence-corrected chi connectivity index (χ0v) is 12.1. The Morgan fingerprint density at radius 2 is 2.14 bits per heavy atom. The summed E-state index contributed by atoms with van der Waals surface area (Å²) >= 11 is 0. The van der Waals surface area contributed by atoms with Crippen LogP contribution in [0.5, 0.6) is 0 Å². The predicted molar refractivity (Wildman–Crippen MR) is 81.7 cm³/mol. The molecule has 21 heavy (non-hydrogen) atoms. The van der Waals surface area contributed by atoms with Gasteiger partial charge in [0.2, 0.25) is 0 Å². The number of hydrogen-bond donors (Lipinski definition) is 3. The quantitative estimate of drug-likeness (QED) is 0.784. The van der Waals surface area contributed by atoms with Crippen LogP contribution in [-0.2, 0) is 0 Å². The van der Waals surface area contributed by atoms with Crippen LogP contribution in [0, 0.1) is 5.92 Å². The van der Waals surface area contributed by atoms with E-state index < -0.39 is 0 Å². The molecule has 1 amide bonds. The molecule has 1 aliphatic carbocycles. The molecule has 1 aromatic carbocycles. The Labute approximate surface area is 123 Å². The summed E-state index contributed by atoms with van der Waals surface area (Å²) in [5, 5.41) is 10.1. The van der Waals surface area contributed by atoms with Crippen molar-refractivity contribution in [1.29, 1.82) is 0 Å². The molecule has 0 radical (unpaired) electrons. The number of hydrogen-bond acceptors (Lipinski definition) is 3.